The van der Waals surface area contributed by atoms with Crippen LogP contribution in [-0.4, -0.2) is 74.8 Å². The molecule has 154 valence electrons. The van der Waals surface area contributed by atoms with Gasteiger partial charge in [0, 0.05) is 31.3 Å². The third-order valence-corrected chi connectivity index (χ3v) is 5.43. The summed E-state index contributed by atoms with van der Waals surface area (Å²) in [5.74, 6) is 1.14. The number of nitrogens with two attached hydrogens (primary N) is 1. The third-order valence-electron chi connectivity index (χ3n) is 4.82. The Hall–Kier alpha value is -2.41. The molecule has 0 amide bonds. The van der Waals surface area contributed by atoms with Crippen LogP contribution in [0.5, 0.6) is 0 Å². The van der Waals surface area contributed by atoms with Crippen LogP contribution in [-0.2, 0) is 4.74 Å². The van der Waals surface area contributed by atoms with Crippen LogP contribution in [0.25, 0.3) is 17.5 Å². The highest BCUT2D eigenvalue weighted by atomic mass is 32.2. The molecule has 0 atom stereocenters. The lowest BCUT2D eigenvalue weighted by molar-refractivity contribution is -0.103. The first-order valence-electron chi connectivity index (χ1n) is 8.91. The number of hydrogen-bond donors (Lipinski definition) is 3. The summed E-state index contributed by atoms with van der Waals surface area (Å²) < 4.78 is 32.8. The van der Waals surface area contributed by atoms with E-state index in [0.29, 0.717) is 36.9 Å². The van der Waals surface area contributed by atoms with Gasteiger partial charge in [-0.2, -0.15) is 0 Å². The average Bonchev–Trinajstić information content (AvgIpc) is 3.19. The molecule has 2 aromatic heterocycles. The van der Waals surface area contributed by atoms with Crippen LogP contribution in [0.1, 0.15) is 5.82 Å². The van der Waals surface area contributed by atoms with Crippen LogP contribution in [0.3, 0.4) is 0 Å². The van der Waals surface area contributed by atoms with Gasteiger partial charge in [-0.3, -0.25) is 10.5 Å². The van der Waals surface area contributed by atoms with E-state index in [9.17, 15) is 8.78 Å². The molecule has 12 heteroatoms. The van der Waals surface area contributed by atoms with Crippen molar-refractivity contribution in [1.82, 2.24) is 24.2 Å². The highest BCUT2D eigenvalue weighted by Gasteiger charge is 2.48. The van der Waals surface area contributed by atoms with E-state index in [-0.39, 0.29) is 5.60 Å². The number of morpholine rings is 1. The van der Waals surface area contributed by atoms with Crippen LogP contribution in [0, 0.1) is 5.41 Å². The third kappa shape index (κ3) is 4.29. The van der Waals surface area contributed by atoms with Gasteiger partial charge in [0.1, 0.15) is 23.6 Å². The van der Waals surface area contributed by atoms with Crippen molar-refractivity contribution in [3.05, 3.63) is 30.5 Å². The molecule has 4 rings (SSSR count). The summed E-state index contributed by atoms with van der Waals surface area (Å²) in [7, 11) is 0. The highest BCUT2D eigenvalue weighted by molar-refractivity contribution is 7.94. The minimum Gasteiger partial charge on any atom is -0.369 e. The molecule has 4 heterocycles. The first kappa shape index (κ1) is 19.9. The molecule has 2 aromatic rings. The Kier molecular flexibility index (Phi) is 5.58. The molecule has 0 aliphatic carbocycles. The molecule has 29 heavy (non-hydrogen) atoms. The van der Waals surface area contributed by atoms with Gasteiger partial charge in [0.15, 0.2) is 0 Å². The lowest BCUT2D eigenvalue weighted by Crippen LogP contribution is -2.69. The normalized spacial score (nSPS) is 19.2. The van der Waals surface area contributed by atoms with E-state index in [1.165, 1.54) is 24.5 Å². The SMILES string of the molecule is N=C(/C=C\c1ncc(-c2cc(N3CC4(CN(SN)CCO4)C3)ncn2)[nH]1)C(F)F. The zero-order valence-electron chi connectivity index (χ0n) is 15.4. The zero-order valence-corrected chi connectivity index (χ0v) is 16.2. The van der Waals surface area contributed by atoms with Crippen LogP contribution in [0.2, 0.25) is 0 Å². The van der Waals surface area contributed by atoms with Gasteiger partial charge >= 0.3 is 0 Å². The quantitative estimate of drug-likeness (QED) is 0.474. The Bertz CT molecular complexity index is 914. The summed E-state index contributed by atoms with van der Waals surface area (Å²) in [6.07, 6.45) is 2.58. The largest absolute Gasteiger partial charge is 0.369 e. The molecule has 2 aliphatic heterocycles. The lowest BCUT2D eigenvalue weighted by atomic mass is 9.92. The number of ether oxygens (including phenoxy) is 1. The summed E-state index contributed by atoms with van der Waals surface area (Å²) in [6.45, 7) is 3.67. The predicted molar refractivity (Wildman–Crippen MR) is 107 cm³/mol. The fourth-order valence-corrected chi connectivity index (χ4v) is 3.85. The number of anilines is 1. The van der Waals surface area contributed by atoms with Gasteiger partial charge in [-0.15, -0.1) is 0 Å². The molecule has 2 saturated heterocycles. The number of hydrogen-bond acceptors (Lipinski definition) is 9. The highest BCUT2D eigenvalue weighted by Crippen LogP contribution is 2.34. The van der Waals surface area contributed by atoms with Gasteiger partial charge in [0.25, 0.3) is 6.43 Å². The molecule has 0 aromatic carbocycles. The van der Waals surface area contributed by atoms with Crippen LogP contribution in [0.15, 0.2) is 24.7 Å². The molecular formula is C17H20F2N8OS. The number of H-pyrrole nitrogens is 1. The number of imidazole rings is 1. The zero-order chi connectivity index (χ0) is 20.4. The molecular weight excluding hydrogens is 402 g/mol. The minimum atomic E-state index is -2.81. The van der Waals surface area contributed by atoms with Crippen molar-refractivity contribution in [3.63, 3.8) is 0 Å². The van der Waals surface area contributed by atoms with Gasteiger partial charge in [-0.05, 0) is 12.2 Å². The smallest absolute Gasteiger partial charge is 0.279 e. The van der Waals surface area contributed by atoms with Gasteiger partial charge in [-0.1, -0.05) is 0 Å². The van der Waals surface area contributed by atoms with Crippen LogP contribution < -0.4 is 10.0 Å². The molecule has 1 spiro atoms. The minimum absolute atomic E-state index is 0.225. The topological polar surface area (TPSA) is 120 Å². The summed E-state index contributed by atoms with van der Waals surface area (Å²) in [5.41, 5.74) is 0.273. The van der Waals surface area contributed by atoms with Crippen molar-refractivity contribution in [2.75, 3.05) is 37.7 Å². The molecule has 0 bridgehead atoms. The average molecular weight is 422 g/mol. The van der Waals surface area contributed by atoms with Crippen molar-refractivity contribution >= 4 is 29.7 Å². The fraction of sp³-hybridized carbons (Fsp3) is 0.412. The number of allylic oxidation sites excluding steroid dienone is 1. The molecule has 2 aliphatic rings. The van der Waals surface area contributed by atoms with Gasteiger partial charge in [0.2, 0.25) is 0 Å². The van der Waals surface area contributed by atoms with E-state index in [0.717, 1.165) is 25.0 Å². The summed E-state index contributed by atoms with van der Waals surface area (Å²) >= 11 is 1.24. The van der Waals surface area contributed by atoms with E-state index in [1.807, 2.05) is 6.07 Å². The number of rotatable bonds is 6. The van der Waals surface area contributed by atoms with E-state index in [1.54, 1.807) is 6.20 Å². The van der Waals surface area contributed by atoms with E-state index < -0.39 is 12.1 Å². The van der Waals surface area contributed by atoms with Crippen LogP contribution >= 0.6 is 12.1 Å². The van der Waals surface area contributed by atoms with Crippen molar-refractivity contribution < 1.29 is 13.5 Å². The number of aromatic nitrogens is 4. The molecule has 0 unspecified atom stereocenters. The van der Waals surface area contributed by atoms with E-state index in [4.69, 9.17) is 15.3 Å². The number of nitrogens with one attached hydrogen (secondary N) is 2. The Morgan fingerprint density at radius 1 is 1.34 bits per heavy atom. The van der Waals surface area contributed by atoms with Gasteiger partial charge in [-0.25, -0.2) is 28.0 Å². The van der Waals surface area contributed by atoms with E-state index in [2.05, 4.69) is 29.1 Å². The maximum Gasteiger partial charge on any atom is 0.279 e. The molecule has 2 fully saturated rings. The number of aromatic amines is 1. The molecule has 0 radical (unpaired) electrons. The Morgan fingerprint density at radius 2 is 2.17 bits per heavy atom. The van der Waals surface area contributed by atoms with Gasteiger partial charge < -0.3 is 14.6 Å². The van der Waals surface area contributed by atoms with Crippen LogP contribution in [0.4, 0.5) is 14.6 Å². The first-order chi connectivity index (χ1) is 14.0. The fourth-order valence-electron chi connectivity index (χ4n) is 3.36. The number of alkyl halides is 2. The standard InChI is InChI=1S/C17H20F2N8OS/c18-16(19)11(20)1-2-14-22-6-13(25-14)12-5-15(24-10-23-12)26-7-17(8-26)9-27(29-21)3-4-28-17/h1-2,5-6,10,16,20H,3-4,7-9,21H2,(H,22,25)/b2-1-,20-11?. The lowest BCUT2D eigenvalue weighted by Gasteiger charge is -2.53. The Labute approximate surface area is 170 Å². The summed E-state index contributed by atoms with van der Waals surface area (Å²) in [4.78, 5) is 17.8. The monoisotopic (exact) mass is 422 g/mol. The molecule has 0 saturated carbocycles. The van der Waals surface area contributed by atoms with Crippen molar-refractivity contribution in [1.29, 1.82) is 5.41 Å². The molecule has 4 N–H and O–H groups in total. The maximum atomic E-state index is 12.4. The first-order valence-corrected chi connectivity index (χ1v) is 9.74. The Morgan fingerprint density at radius 3 is 2.93 bits per heavy atom. The van der Waals surface area contributed by atoms with Crippen molar-refractivity contribution in [2.45, 2.75) is 12.0 Å². The second-order valence-electron chi connectivity index (χ2n) is 6.89. The number of nitrogens with zero attached hydrogens (tertiary/aromatic N) is 5. The van der Waals surface area contributed by atoms with E-state index >= 15 is 0 Å². The van der Waals surface area contributed by atoms with Crippen molar-refractivity contribution in [3.8, 4) is 11.4 Å². The summed E-state index contributed by atoms with van der Waals surface area (Å²) in [6, 6.07) is 1.84. The Balaban J connectivity index is 1.43. The van der Waals surface area contributed by atoms with Crippen molar-refractivity contribution in [2.24, 2.45) is 5.14 Å². The van der Waals surface area contributed by atoms with Gasteiger partial charge in [0.05, 0.1) is 43.0 Å². The molecule has 9 nitrogen and oxygen atoms in total. The maximum absolute atomic E-state index is 12.4. The predicted octanol–water partition coefficient (Wildman–Crippen LogP) is 1.58. The second kappa shape index (κ2) is 8.14. The summed E-state index contributed by atoms with van der Waals surface area (Å²) in [5, 5.41) is 12.8. The number of halogens is 2. The second-order valence-corrected chi connectivity index (χ2v) is 7.62.